The number of phenolic OH excluding ortho intramolecular Hbond substituents is 1. The van der Waals surface area contributed by atoms with Crippen LogP contribution in [-0.2, 0) is 4.79 Å². The molecule has 140 valence electrons. The van der Waals surface area contributed by atoms with Gasteiger partial charge in [-0.25, -0.2) is 10.9 Å². The number of nitrogens with zero attached hydrogens (tertiary/aromatic N) is 1. The molecule has 4 N–H and O–H groups in total. The highest BCUT2D eigenvalue weighted by molar-refractivity contribution is 9.10. The summed E-state index contributed by atoms with van der Waals surface area (Å²) in [6.07, 6.45) is 3.93. The Morgan fingerprint density at radius 2 is 1.93 bits per heavy atom. The minimum Gasteiger partial charge on any atom is -0.504 e. The average molecular weight is 434 g/mol. The average Bonchev–Trinajstić information content (AvgIpc) is 2.68. The fourth-order valence-corrected chi connectivity index (χ4v) is 2.48. The maximum absolute atomic E-state index is 12.1. The highest BCUT2D eigenvalue weighted by Gasteiger charge is 2.09. The largest absolute Gasteiger partial charge is 0.504 e. The number of hydrogen-bond donors (Lipinski definition) is 4. The molecule has 27 heavy (non-hydrogen) atoms. The number of hydroxylamine groups is 1. The van der Waals surface area contributed by atoms with Crippen LogP contribution < -0.4 is 15.6 Å². The zero-order valence-corrected chi connectivity index (χ0v) is 15.7. The predicted octanol–water partition coefficient (Wildman–Crippen LogP) is 2.45. The SMILES string of the molecule is COc1cc(Br)cc(C=NNC(=O)c2ccc(C=CC(=O)NO)cc2)c1O. The van der Waals surface area contributed by atoms with Gasteiger partial charge in [-0.15, -0.1) is 0 Å². The zero-order valence-electron chi connectivity index (χ0n) is 14.1. The van der Waals surface area contributed by atoms with Gasteiger partial charge in [-0.2, -0.15) is 5.10 Å². The Balaban J connectivity index is 2.04. The normalized spacial score (nSPS) is 10.9. The van der Waals surface area contributed by atoms with Gasteiger partial charge in [0.2, 0.25) is 0 Å². The van der Waals surface area contributed by atoms with Gasteiger partial charge in [-0.3, -0.25) is 14.8 Å². The van der Waals surface area contributed by atoms with Gasteiger partial charge in [-0.05, 0) is 35.9 Å². The highest BCUT2D eigenvalue weighted by Crippen LogP contribution is 2.32. The summed E-state index contributed by atoms with van der Waals surface area (Å²) in [4.78, 5) is 23.0. The summed E-state index contributed by atoms with van der Waals surface area (Å²) in [5.74, 6) is -0.924. The van der Waals surface area contributed by atoms with Crippen molar-refractivity contribution < 1.29 is 24.6 Å². The molecule has 0 aliphatic rings. The van der Waals surface area contributed by atoms with Gasteiger partial charge in [0.1, 0.15) is 0 Å². The van der Waals surface area contributed by atoms with Crippen LogP contribution in [0, 0.1) is 0 Å². The van der Waals surface area contributed by atoms with Crippen LogP contribution in [0.1, 0.15) is 21.5 Å². The van der Waals surface area contributed by atoms with Crippen LogP contribution in [0.15, 0.2) is 52.0 Å². The van der Waals surface area contributed by atoms with E-state index in [1.807, 2.05) is 0 Å². The second kappa shape index (κ2) is 9.51. The molecule has 0 saturated heterocycles. The number of amides is 2. The number of rotatable bonds is 6. The first kappa shape index (κ1) is 20.1. The van der Waals surface area contributed by atoms with Crippen LogP contribution in [0.3, 0.4) is 0 Å². The van der Waals surface area contributed by atoms with Gasteiger partial charge >= 0.3 is 0 Å². The second-order valence-corrected chi connectivity index (χ2v) is 6.09. The smallest absolute Gasteiger partial charge is 0.271 e. The van der Waals surface area contributed by atoms with E-state index in [0.717, 1.165) is 6.08 Å². The molecule has 0 aliphatic carbocycles. The molecule has 0 aromatic heterocycles. The van der Waals surface area contributed by atoms with Gasteiger partial charge in [0.25, 0.3) is 11.8 Å². The lowest BCUT2D eigenvalue weighted by Crippen LogP contribution is -2.17. The number of halogens is 1. The van der Waals surface area contributed by atoms with Gasteiger partial charge in [-0.1, -0.05) is 28.1 Å². The third-order valence-corrected chi connectivity index (χ3v) is 3.83. The quantitative estimate of drug-likeness (QED) is 0.241. The standard InChI is InChI=1S/C18H16BrN3O5/c1-27-15-9-14(19)8-13(17(15)24)10-20-21-18(25)12-5-2-11(3-6-12)4-7-16(23)22-26/h2-10,24,26H,1H3,(H,21,25)(H,22,23). The van der Waals surface area contributed by atoms with Crippen molar-refractivity contribution in [3.8, 4) is 11.5 Å². The van der Waals surface area contributed by atoms with Crippen LogP contribution in [0.2, 0.25) is 0 Å². The molecule has 2 amide bonds. The topological polar surface area (TPSA) is 120 Å². The molecule has 2 aromatic rings. The van der Waals surface area contributed by atoms with Crippen molar-refractivity contribution in [3.63, 3.8) is 0 Å². The molecular weight excluding hydrogens is 418 g/mol. The van der Waals surface area contributed by atoms with Crippen LogP contribution in [0.25, 0.3) is 6.08 Å². The first-order chi connectivity index (χ1) is 12.9. The van der Waals surface area contributed by atoms with Crippen LogP contribution in [0.5, 0.6) is 11.5 Å². The second-order valence-electron chi connectivity index (χ2n) is 5.18. The summed E-state index contributed by atoms with van der Waals surface area (Å²) in [5.41, 5.74) is 5.23. The van der Waals surface area contributed by atoms with E-state index in [2.05, 4.69) is 26.5 Å². The Bertz CT molecular complexity index is 895. The molecule has 0 bridgehead atoms. The zero-order chi connectivity index (χ0) is 19.8. The summed E-state index contributed by atoms with van der Waals surface area (Å²) in [6.45, 7) is 0. The fourth-order valence-electron chi connectivity index (χ4n) is 2.03. The van der Waals surface area contributed by atoms with Gasteiger partial charge in [0, 0.05) is 21.7 Å². The van der Waals surface area contributed by atoms with Crippen LogP contribution in [0.4, 0.5) is 0 Å². The van der Waals surface area contributed by atoms with Gasteiger partial charge in [0.05, 0.1) is 13.3 Å². The summed E-state index contributed by atoms with van der Waals surface area (Å²) < 4.78 is 5.73. The van der Waals surface area contributed by atoms with Crippen molar-refractivity contribution in [2.45, 2.75) is 0 Å². The predicted molar refractivity (Wildman–Crippen MR) is 103 cm³/mol. The number of carbonyl (C=O) groups is 2. The van der Waals surface area contributed by atoms with Crippen molar-refractivity contribution >= 4 is 40.0 Å². The Kier molecular flexibility index (Phi) is 7.09. The summed E-state index contributed by atoms with van der Waals surface area (Å²) >= 11 is 3.29. The third kappa shape index (κ3) is 5.66. The van der Waals surface area contributed by atoms with E-state index in [9.17, 15) is 14.7 Å². The number of methoxy groups -OCH3 is 1. The summed E-state index contributed by atoms with van der Waals surface area (Å²) in [6, 6.07) is 9.60. The van der Waals surface area contributed by atoms with E-state index in [4.69, 9.17) is 9.94 Å². The number of phenols is 1. The minimum absolute atomic E-state index is 0.0956. The number of benzene rings is 2. The molecule has 2 rings (SSSR count). The monoisotopic (exact) mass is 433 g/mol. The number of ether oxygens (including phenoxy) is 1. The summed E-state index contributed by atoms with van der Waals surface area (Å²) in [7, 11) is 1.43. The molecule has 0 heterocycles. The van der Waals surface area contributed by atoms with E-state index in [-0.39, 0.29) is 11.5 Å². The van der Waals surface area contributed by atoms with Crippen LogP contribution in [-0.4, -0.2) is 35.5 Å². The van der Waals surface area contributed by atoms with Crippen molar-refractivity contribution in [2.24, 2.45) is 5.10 Å². The van der Waals surface area contributed by atoms with Crippen molar-refractivity contribution in [3.05, 3.63) is 63.6 Å². The Morgan fingerprint density at radius 3 is 2.56 bits per heavy atom. The first-order valence-electron chi connectivity index (χ1n) is 7.56. The lowest BCUT2D eigenvalue weighted by atomic mass is 10.1. The number of hydrogen-bond acceptors (Lipinski definition) is 6. The molecule has 0 saturated carbocycles. The number of nitrogens with one attached hydrogen (secondary N) is 2. The van der Waals surface area contributed by atoms with Crippen molar-refractivity contribution in [1.29, 1.82) is 0 Å². The van der Waals surface area contributed by atoms with E-state index >= 15 is 0 Å². The lowest BCUT2D eigenvalue weighted by Gasteiger charge is -2.06. The minimum atomic E-state index is -0.654. The molecule has 0 atom stereocenters. The highest BCUT2D eigenvalue weighted by atomic mass is 79.9. The van der Waals surface area contributed by atoms with E-state index < -0.39 is 11.8 Å². The molecule has 0 unspecified atom stereocenters. The molecule has 0 radical (unpaired) electrons. The molecule has 8 nitrogen and oxygen atoms in total. The third-order valence-electron chi connectivity index (χ3n) is 3.37. The van der Waals surface area contributed by atoms with E-state index in [1.54, 1.807) is 36.4 Å². The van der Waals surface area contributed by atoms with Crippen molar-refractivity contribution in [2.75, 3.05) is 7.11 Å². The number of hydrazone groups is 1. The van der Waals surface area contributed by atoms with E-state index in [1.165, 1.54) is 24.9 Å². The van der Waals surface area contributed by atoms with Gasteiger partial charge < -0.3 is 9.84 Å². The molecule has 0 spiro atoms. The van der Waals surface area contributed by atoms with E-state index in [0.29, 0.717) is 21.2 Å². The molecule has 9 heteroatoms. The van der Waals surface area contributed by atoms with Gasteiger partial charge in [0.15, 0.2) is 11.5 Å². The number of aromatic hydroxyl groups is 1. The maximum Gasteiger partial charge on any atom is 0.271 e. The molecule has 0 fully saturated rings. The Labute approximate surface area is 163 Å². The number of carbonyl (C=O) groups excluding carboxylic acids is 2. The lowest BCUT2D eigenvalue weighted by molar-refractivity contribution is -0.124. The summed E-state index contributed by atoms with van der Waals surface area (Å²) in [5, 5.41) is 22.3. The van der Waals surface area contributed by atoms with Crippen molar-refractivity contribution in [1.82, 2.24) is 10.9 Å². The molecular formula is C18H16BrN3O5. The van der Waals surface area contributed by atoms with Crippen LogP contribution >= 0.6 is 15.9 Å². The molecule has 2 aromatic carbocycles. The first-order valence-corrected chi connectivity index (χ1v) is 8.36. The fraction of sp³-hybridized carbons (Fsp3) is 0.0556. The molecule has 0 aliphatic heterocycles. The Hall–Kier alpha value is -3.17. The maximum atomic E-state index is 12.1. The Morgan fingerprint density at radius 1 is 1.22 bits per heavy atom.